The Hall–Kier alpha value is -0.610. The number of rotatable bonds is 2. The summed E-state index contributed by atoms with van der Waals surface area (Å²) in [6.07, 6.45) is 5.48. The predicted octanol–water partition coefficient (Wildman–Crippen LogP) is 1.12. The monoisotopic (exact) mass is 254 g/mol. The van der Waals surface area contributed by atoms with Gasteiger partial charge in [0.25, 0.3) is 0 Å². The number of hydrogen-bond donors (Lipinski definition) is 2. The fraction of sp³-hybridized carbons (Fsp3) is 0.929. The maximum Gasteiger partial charge on any atom is 0.225 e. The van der Waals surface area contributed by atoms with Crippen molar-refractivity contribution in [3.63, 3.8) is 0 Å². The van der Waals surface area contributed by atoms with Gasteiger partial charge in [-0.2, -0.15) is 0 Å². The number of likely N-dealkylation sites (tertiary alicyclic amines) is 1. The largest absolute Gasteiger partial charge is 0.394 e. The third-order valence-electron chi connectivity index (χ3n) is 4.74. The van der Waals surface area contributed by atoms with Gasteiger partial charge >= 0.3 is 0 Å². The van der Waals surface area contributed by atoms with Crippen molar-refractivity contribution >= 4 is 5.91 Å². The van der Waals surface area contributed by atoms with Crippen LogP contribution in [0.5, 0.6) is 0 Å². The Labute approximate surface area is 110 Å². The summed E-state index contributed by atoms with van der Waals surface area (Å²) in [6.45, 7) is 4.14. The minimum absolute atomic E-state index is 0.0368. The first-order valence-electron chi connectivity index (χ1n) is 7.22. The fourth-order valence-electron chi connectivity index (χ4n) is 3.08. The lowest BCUT2D eigenvalue weighted by Gasteiger charge is -2.38. The molecule has 2 aliphatic rings. The maximum absolute atomic E-state index is 12.4. The molecule has 2 rings (SSSR count). The topological polar surface area (TPSA) is 66.6 Å². The smallest absolute Gasteiger partial charge is 0.225 e. The molecular formula is C14H26N2O2. The van der Waals surface area contributed by atoms with Crippen LogP contribution in [0.1, 0.15) is 45.4 Å². The van der Waals surface area contributed by atoms with Crippen molar-refractivity contribution in [2.75, 3.05) is 19.7 Å². The van der Waals surface area contributed by atoms with Crippen LogP contribution in [0.2, 0.25) is 0 Å². The van der Waals surface area contributed by atoms with Gasteiger partial charge < -0.3 is 15.7 Å². The van der Waals surface area contributed by atoms with Crippen molar-refractivity contribution in [3.8, 4) is 0 Å². The summed E-state index contributed by atoms with van der Waals surface area (Å²) in [4.78, 5) is 14.4. The Balaban J connectivity index is 1.84. The molecule has 0 aromatic rings. The van der Waals surface area contributed by atoms with E-state index in [9.17, 15) is 9.90 Å². The average Bonchev–Trinajstić information content (AvgIpc) is 2.40. The predicted molar refractivity (Wildman–Crippen MR) is 70.9 cm³/mol. The summed E-state index contributed by atoms with van der Waals surface area (Å²) >= 11 is 0. The van der Waals surface area contributed by atoms with Crippen molar-refractivity contribution in [3.05, 3.63) is 0 Å². The quantitative estimate of drug-likeness (QED) is 0.776. The molecule has 1 saturated carbocycles. The van der Waals surface area contributed by atoms with E-state index in [2.05, 4.69) is 6.92 Å². The maximum atomic E-state index is 12.4. The third-order valence-corrected chi connectivity index (χ3v) is 4.74. The van der Waals surface area contributed by atoms with E-state index in [0.717, 1.165) is 57.5 Å². The van der Waals surface area contributed by atoms with E-state index in [-0.39, 0.29) is 12.5 Å². The van der Waals surface area contributed by atoms with Gasteiger partial charge in [0.2, 0.25) is 5.91 Å². The van der Waals surface area contributed by atoms with Crippen molar-refractivity contribution in [2.45, 2.75) is 51.0 Å². The third kappa shape index (κ3) is 3.04. The molecule has 0 aromatic carbocycles. The molecule has 0 radical (unpaired) electrons. The van der Waals surface area contributed by atoms with Gasteiger partial charge in [-0.15, -0.1) is 0 Å². The van der Waals surface area contributed by atoms with Gasteiger partial charge in [0, 0.05) is 24.5 Å². The minimum atomic E-state index is -0.437. The number of aliphatic hydroxyl groups excluding tert-OH is 1. The summed E-state index contributed by atoms with van der Waals surface area (Å²) in [5.41, 5.74) is 5.61. The van der Waals surface area contributed by atoms with Crippen LogP contribution in [0, 0.1) is 11.8 Å². The molecule has 0 spiro atoms. The van der Waals surface area contributed by atoms with Crippen LogP contribution in [-0.4, -0.2) is 41.1 Å². The molecule has 1 heterocycles. The van der Waals surface area contributed by atoms with E-state index in [0.29, 0.717) is 5.91 Å². The second-order valence-electron chi connectivity index (χ2n) is 6.30. The number of carbonyl (C=O) groups is 1. The van der Waals surface area contributed by atoms with Crippen LogP contribution in [0.4, 0.5) is 0 Å². The number of nitrogens with two attached hydrogens (primary N) is 1. The number of carbonyl (C=O) groups excluding carboxylic acids is 1. The summed E-state index contributed by atoms with van der Waals surface area (Å²) in [7, 11) is 0. The molecule has 1 saturated heterocycles. The zero-order chi connectivity index (χ0) is 13.2. The van der Waals surface area contributed by atoms with E-state index >= 15 is 0 Å². The second-order valence-corrected chi connectivity index (χ2v) is 6.30. The lowest BCUT2D eigenvalue weighted by atomic mass is 9.77. The Kier molecular flexibility index (Phi) is 4.28. The first kappa shape index (κ1) is 13.8. The van der Waals surface area contributed by atoms with Crippen LogP contribution in [-0.2, 0) is 4.79 Å². The fourth-order valence-corrected chi connectivity index (χ4v) is 3.08. The molecule has 4 nitrogen and oxygen atoms in total. The van der Waals surface area contributed by atoms with E-state index in [1.165, 1.54) is 0 Å². The SMILES string of the molecule is CC1CCN(C(=O)C2CCC(N)(CO)CC2)CC1. The molecule has 3 N–H and O–H groups in total. The molecule has 0 bridgehead atoms. The van der Waals surface area contributed by atoms with E-state index < -0.39 is 5.54 Å². The molecular weight excluding hydrogens is 228 g/mol. The highest BCUT2D eigenvalue weighted by atomic mass is 16.3. The standard InChI is InChI=1S/C14H26N2O2/c1-11-4-8-16(9-5-11)13(18)12-2-6-14(15,10-17)7-3-12/h11-12,17H,2-10,15H2,1H3. The number of amides is 1. The normalized spacial score (nSPS) is 34.6. The van der Waals surface area contributed by atoms with Crippen LogP contribution >= 0.6 is 0 Å². The lowest BCUT2D eigenvalue weighted by Crippen LogP contribution is -2.49. The first-order chi connectivity index (χ1) is 8.54. The zero-order valence-electron chi connectivity index (χ0n) is 11.4. The van der Waals surface area contributed by atoms with Crippen LogP contribution < -0.4 is 5.73 Å². The highest BCUT2D eigenvalue weighted by Crippen LogP contribution is 2.32. The summed E-state index contributed by atoms with van der Waals surface area (Å²) in [6, 6.07) is 0. The van der Waals surface area contributed by atoms with E-state index in [4.69, 9.17) is 5.73 Å². The highest BCUT2D eigenvalue weighted by Gasteiger charge is 2.36. The van der Waals surface area contributed by atoms with E-state index in [1.54, 1.807) is 0 Å². The van der Waals surface area contributed by atoms with Gasteiger partial charge in [0.15, 0.2) is 0 Å². The molecule has 2 fully saturated rings. The number of piperidine rings is 1. The highest BCUT2D eigenvalue weighted by molar-refractivity contribution is 5.79. The molecule has 0 atom stereocenters. The van der Waals surface area contributed by atoms with Crippen molar-refractivity contribution in [1.29, 1.82) is 0 Å². The van der Waals surface area contributed by atoms with Crippen molar-refractivity contribution < 1.29 is 9.90 Å². The molecule has 18 heavy (non-hydrogen) atoms. The van der Waals surface area contributed by atoms with Gasteiger partial charge in [0.05, 0.1) is 6.61 Å². The second kappa shape index (κ2) is 5.57. The average molecular weight is 254 g/mol. The van der Waals surface area contributed by atoms with Gasteiger partial charge in [-0.25, -0.2) is 0 Å². The Morgan fingerprint density at radius 1 is 1.28 bits per heavy atom. The van der Waals surface area contributed by atoms with Crippen molar-refractivity contribution in [1.82, 2.24) is 4.90 Å². The van der Waals surface area contributed by atoms with Crippen LogP contribution in [0.15, 0.2) is 0 Å². The Morgan fingerprint density at radius 2 is 1.83 bits per heavy atom. The van der Waals surface area contributed by atoms with Gasteiger partial charge in [0.1, 0.15) is 0 Å². The summed E-state index contributed by atoms with van der Waals surface area (Å²) in [5.74, 6) is 1.22. The Morgan fingerprint density at radius 3 is 2.33 bits per heavy atom. The van der Waals surface area contributed by atoms with Crippen LogP contribution in [0.3, 0.4) is 0 Å². The molecule has 1 aliphatic heterocycles. The van der Waals surface area contributed by atoms with Crippen molar-refractivity contribution in [2.24, 2.45) is 17.6 Å². The number of nitrogens with zero attached hydrogens (tertiary/aromatic N) is 1. The van der Waals surface area contributed by atoms with Gasteiger partial charge in [-0.05, 0) is 44.4 Å². The first-order valence-corrected chi connectivity index (χ1v) is 7.22. The molecule has 0 unspecified atom stereocenters. The minimum Gasteiger partial charge on any atom is -0.394 e. The summed E-state index contributed by atoms with van der Waals surface area (Å²) in [5, 5.41) is 9.23. The molecule has 104 valence electrons. The zero-order valence-corrected chi connectivity index (χ0v) is 11.4. The molecule has 1 amide bonds. The number of hydrogen-bond acceptors (Lipinski definition) is 3. The number of aliphatic hydroxyl groups is 1. The van der Waals surface area contributed by atoms with Gasteiger partial charge in [-0.1, -0.05) is 6.92 Å². The van der Waals surface area contributed by atoms with E-state index in [1.807, 2.05) is 4.90 Å². The molecule has 4 heteroatoms. The Bertz CT molecular complexity index is 290. The molecule has 0 aromatic heterocycles. The summed E-state index contributed by atoms with van der Waals surface area (Å²) < 4.78 is 0. The van der Waals surface area contributed by atoms with Crippen LogP contribution in [0.25, 0.3) is 0 Å². The lowest BCUT2D eigenvalue weighted by molar-refractivity contribution is -0.138. The molecule has 1 aliphatic carbocycles. The van der Waals surface area contributed by atoms with Gasteiger partial charge in [-0.3, -0.25) is 4.79 Å².